The van der Waals surface area contributed by atoms with Gasteiger partial charge in [-0.15, -0.1) is 0 Å². The van der Waals surface area contributed by atoms with Crippen LogP contribution in [0.5, 0.6) is 0 Å². The van der Waals surface area contributed by atoms with Crippen molar-refractivity contribution in [3.05, 3.63) is 0 Å². The van der Waals surface area contributed by atoms with Crippen molar-refractivity contribution in [2.75, 3.05) is 19.7 Å². The van der Waals surface area contributed by atoms with E-state index in [1.807, 2.05) is 0 Å². The van der Waals surface area contributed by atoms with E-state index in [1.54, 1.807) is 6.92 Å². The number of hydrogen-bond donors (Lipinski definition) is 2. The number of alkyl halides is 3. The minimum Gasteiger partial charge on any atom is -0.395 e. The standard InChI is InChI=1S/C12H21F3N2O2/c1-8-9(3-2-4-10(8)16)11(19)17(5-6-18)7-12(13,14)15/h8-10,18H,2-7,16H2,1H3. The quantitative estimate of drug-likeness (QED) is 0.812. The van der Waals surface area contributed by atoms with Crippen LogP contribution in [0.3, 0.4) is 0 Å². The summed E-state index contributed by atoms with van der Waals surface area (Å²) >= 11 is 0. The molecule has 3 N–H and O–H groups in total. The van der Waals surface area contributed by atoms with Gasteiger partial charge in [0.25, 0.3) is 0 Å². The van der Waals surface area contributed by atoms with Gasteiger partial charge in [-0.1, -0.05) is 13.3 Å². The van der Waals surface area contributed by atoms with Crippen LogP contribution in [-0.2, 0) is 4.79 Å². The van der Waals surface area contributed by atoms with E-state index < -0.39 is 31.2 Å². The molecule has 0 aliphatic heterocycles. The molecule has 1 aliphatic carbocycles. The van der Waals surface area contributed by atoms with Crippen LogP contribution in [0.1, 0.15) is 26.2 Å². The van der Waals surface area contributed by atoms with Gasteiger partial charge in [-0.2, -0.15) is 13.2 Å². The number of hydrogen-bond acceptors (Lipinski definition) is 3. The first-order chi connectivity index (χ1) is 8.76. The highest BCUT2D eigenvalue weighted by atomic mass is 19.4. The summed E-state index contributed by atoms with van der Waals surface area (Å²) in [7, 11) is 0. The van der Waals surface area contributed by atoms with Gasteiger partial charge in [-0.3, -0.25) is 4.79 Å². The molecule has 1 aliphatic rings. The maximum atomic E-state index is 12.4. The van der Waals surface area contributed by atoms with Crippen LogP contribution in [0.4, 0.5) is 13.2 Å². The van der Waals surface area contributed by atoms with Gasteiger partial charge in [-0.05, 0) is 18.8 Å². The lowest BCUT2D eigenvalue weighted by Crippen LogP contribution is -2.49. The second kappa shape index (κ2) is 6.56. The first kappa shape index (κ1) is 16.2. The third kappa shape index (κ3) is 4.65. The van der Waals surface area contributed by atoms with Crippen molar-refractivity contribution in [1.82, 2.24) is 4.90 Å². The third-order valence-electron chi connectivity index (χ3n) is 3.73. The molecular weight excluding hydrogens is 261 g/mol. The maximum Gasteiger partial charge on any atom is 0.406 e. The SMILES string of the molecule is CC1C(N)CCCC1C(=O)N(CCO)CC(F)(F)F. The molecular formula is C12H21F3N2O2. The van der Waals surface area contributed by atoms with E-state index in [0.29, 0.717) is 11.3 Å². The van der Waals surface area contributed by atoms with Crippen molar-refractivity contribution in [3.63, 3.8) is 0 Å². The Kier molecular flexibility index (Phi) is 5.61. The molecule has 0 aromatic rings. The number of nitrogens with zero attached hydrogens (tertiary/aromatic N) is 1. The average molecular weight is 282 g/mol. The fraction of sp³-hybridized carbons (Fsp3) is 0.917. The topological polar surface area (TPSA) is 66.6 Å². The van der Waals surface area contributed by atoms with Crippen LogP contribution in [0, 0.1) is 11.8 Å². The summed E-state index contributed by atoms with van der Waals surface area (Å²) in [5.74, 6) is -1.15. The Hall–Kier alpha value is -0.820. The third-order valence-corrected chi connectivity index (χ3v) is 3.73. The largest absolute Gasteiger partial charge is 0.406 e. The summed E-state index contributed by atoms with van der Waals surface area (Å²) in [6.07, 6.45) is -2.34. The Morgan fingerprint density at radius 3 is 2.58 bits per heavy atom. The molecule has 7 heteroatoms. The zero-order chi connectivity index (χ0) is 14.6. The number of nitrogens with two attached hydrogens (primary N) is 1. The van der Waals surface area contributed by atoms with Crippen molar-refractivity contribution in [2.24, 2.45) is 17.6 Å². The first-order valence-electron chi connectivity index (χ1n) is 6.48. The summed E-state index contributed by atoms with van der Waals surface area (Å²) < 4.78 is 37.3. The number of halogens is 3. The molecule has 3 atom stereocenters. The monoisotopic (exact) mass is 282 g/mol. The van der Waals surface area contributed by atoms with Crippen LogP contribution < -0.4 is 5.73 Å². The van der Waals surface area contributed by atoms with E-state index in [9.17, 15) is 18.0 Å². The van der Waals surface area contributed by atoms with Crippen molar-refractivity contribution in [2.45, 2.75) is 38.4 Å². The molecule has 112 valence electrons. The Labute approximate surface area is 110 Å². The summed E-state index contributed by atoms with van der Waals surface area (Å²) in [6.45, 7) is -0.284. The molecule has 1 saturated carbocycles. The molecule has 0 aromatic heterocycles. The summed E-state index contributed by atoms with van der Waals surface area (Å²) in [5, 5.41) is 8.81. The van der Waals surface area contributed by atoms with Gasteiger partial charge in [0.15, 0.2) is 0 Å². The zero-order valence-corrected chi connectivity index (χ0v) is 11.0. The van der Waals surface area contributed by atoms with Crippen LogP contribution in [0.2, 0.25) is 0 Å². The summed E-state index contributed by atoms with van der Waals surface area (Å²) in [4.78, 5) is 12.9. The minimum atomic E-state index is -4.45. The van der Waals surface area contributed by atoms with Crippen molar-refractivity contribution < 1.29 is 23.1 Å². The van der Waals surface area contributed by atoms with Gasteiger partial charge in [0.2, 0.25) is 5.91 Å². The molecule has 1 fully saturated rings. The van der Waals surface area contributed by atoms with E-state index in [1.165, 1.54) is 0 Å². The predicted octanol–water partition coefficient (Wildman–Crippen LogP) is 1.13. The van der Waals surface area contributed by atoms with E-state index >= 15 is 0 Å². The first-order valence-corrected chi connectivity index (χ1v) is 6.48. The number of rotatable bonds is 4. The highest BCUT2D eigenvalue weighted by molar-refractivity contribution is 5.79. The number of carbonyl (C=O) groups excluding carboxylic acids is 1. The van der Waals surface area contributed by atoms with Crippen LogP contribution >= 0.6 is 0 Å². The van der Waals surface area contributed by atoms with Gasteiger partial charge < -0.3 is 15.7 Å². The smallest absolute Gasteiger partial charge is 0.395 e. The second-order valence-corrected chi connectivity index (χ2v) is 5.16. The highest BCUT2D eigenvalue weighted by Crippen LogP contribution is 2.31. The Balaban J connectivity index is 2.75. The molecule has 3 unspecified atom stereocenters. The van der Waals surface area contributed by atoms with Crippen molar-refractivity contribution in [1.29, 1.82) is 0 Å². The van der Waals surface area contributed by atoms with E-state index in [0.717, 1.165) is 12.8 Å². The van der Waals surface area contributed by atoms with Gasteiger partial charge in [0.1, 0.15) is 6.54 Å². The molecule has 0 saturated heterocycles. The fourth-order valence-corrected chi connectivity index (χ4v) is 2.58. The lowest BCUT2D eigenvalue weighted by molar-refractivity contribution is -0.166. The Morgan fingerprint density at radius 2 is 2.05 bits per heavy atom. The van der Waals surface area contributed by atoms with Crippen molar-refractivity contribution >= 4 is 5.91 Å². The van der Waals surface area contributed by atoms with Crippen LogP contribution in [0.25, 0.3) is 0 Å². The minimum absolute atomic E-state index is 0.129. The lowest BCUT2D eigenvalue weighted by atomic mass is 9.76. The fourth-order valence-electron chi connectivity index (χ4n) is 2.58. The Bertz CT molecular complexity index is 310. The average Bonchev–Trinajstić information content (AvgIpc) is 2.30. The number of aliphatic hydroxyl groups is 1. The molecule has 0 spiro atoms. The molecule has 0 bridgehead atoms. The maximum absolute atomic E-state index is 12.4. The number of aliphatic hydroxyl groups excluding tert-OH is 1. The molecule has 1 rings (SSSR count). The van der Waals surface area contributed by atoms with Crippen molar-refractivity contribution in [3.8, 4) is 0 Å². The molecule has 0 radical (unpaired) electrons. The Morgan fingerprint density at radius 1 is 1.42 bits per heavy atom. The highest BCUT2D eigenvalue weighted by Gasteiger charge is 2.39. The van der Waals surface area contributed by atoms with Gasteiger partial charge in [-0.25, -0.2) is 0 Å². The van der Waals surface area contributed by atoms with E-state index in [4.69, 9.17) is 10.8 Å². The summed E-state index contributed by atoms with van der Waals surface area (Å²) in [5.41, 5.74) is 5.87. The second-order valence-electron chi connectivity index (χ2n) is 5.16. The van der Waals surface area contributed by atoms with Gasteiger partial charge in [0, 0.05) is 18.5 Å². The molecule has 19 heavy (non-hydrogen) atoms. The summed E-state index contributed by atoms with van der Waals surface area (Å²) in [6, 6.07) is -0.149. The molecule has 1 amide bonds. The lowest BCUT2D eigenvalue weighted by Gasteiger charge is -2.36. The molecule has 0 aromatic carbocycles. The van der Waals surface area contributed by atoms with E-state index in [-0.39, 0.29) is 18.5 Å². The molecule has 4 nitrogen and oxygen atoms in total. The van der Waals surface area contributed by atoms with E-state index in [2.05, 4.69) is 0 Å². The normalized spacial score (nSPS) is 28.2. The molecule has 0 heterocycles. The van der Waals surface area contributed by atoms with Gasteiger partial charge >= 0.3 is 6.18 Å². The van der Waals surface area contributed by atoms with Gasteiger partial charge in [0.05, 0.1) is 6.61 Å². The van der Waals surface area contributed by atoms with Crippen LogP contribution in [-0.4, -0.2) is 47.8 Å². The van der Waals surface area contributed by atoms with Crippen LogP contribution in [0.15, 0.2) is 0 Å². The number of amides is 1. The number of carbonyl (C=O) groups is 1. The zero-order valence-electron chi connectivity index (χ0n) is 11.0. The predicted molar refractivity (Wildman–Crippen MR) is 64.2 cm³/mol.